The van der Waals surface area contributed by atoms with E-state index in [4.69, 9.17) is 72.0 Å². The fourth-order valence-corrected chi connectivity index (χ4v) is 17.3. The Morgan fingerprint density at radius 1 is 0.507 bits per heavy atom. The van der Waals surface area contributed by atoms with Crippen LogP contribution in [0.5, 0.6) is 0 Å². The zero-order valence-electron chi connectivity index (χ0n) is 44.7. The molecule has 0 amide bonds. The van der Waals surface area contributed by atoms with Crippen molar-refractivity contribution in [1.82, 2.24) is 0 Å². The molecule has 10 bridgehead atoms. The average molecular weight is 1050 g/mol. The minimum Gasteiger partial charge on any atom is -0.459 e. The number of hydrogen-bond donors (Lipinski definition) is 2. The van der Waals surface area contributed by atoms with E-state index in [0.717, 1.165) is 68.9 Å². The van der Waals surface area contributed by atoms with Gasteiger partial charge in [-0.15, -0.1) is 0 Å². The van der Waals surface area contributed by atoms with E-state index in [1.165, 1.54) is 0 Å². The molecule has 75 heavy (non-hydrogen) atoms. The van der Waals surface area contributed by atoms with Crippen LogP contribution in [0.1, 0.15) is 150 Å². The van der Waals surface area contributed by atoms with E-state index < -0.39 is 35.7 Å². The molecule has 14 aliphatic rings. The zero-order valence-corrected chi connectivity index (χ0v) is 44.7. The van der Waals surface area contributed by atoms with Gasteiger partial charge in [0.1, 0.15) is 12.2 Å². The highest BCUT2D eigenvalue weighted by molar-refractivity contribution is 5.70. The number of aliphatic hydroxyl groups is 1. The third-order valence-electron chi connectivity index (χ3n) is 21.0. The predicted molar refractivity (Wildman–Crippen MR) is 266 cm³/mol. The van der Waals surface area contributed by atoms with Crippen molar-refractivity contribution in [1.29, 1.82) is 0 Å². The van der Waals surface area contributed by atoms with E-state index in [2.05, 4.69) is 40.9 Å². The monoisotopic (exact) mass is 1050 g/mol. The number of nitrogens with two attached hydrogens (primary N) is 1. The van der Waals surface area contributed by atoms with Gasteiger partial charge in [-0.2, -0.15) is 0 Å². The lowest BCUT2D eigenvalue weighted by atomic mass is 9.78. The summed E-state index contributed by atoms with van der Waals surface area (Å²) < 4.78 is 96.6. The molecule has 0 aromatic heterocycles. The quantitative estimate of drug-likeness (QED) is 0.224. The second-order valence-corrected chi connectivity index (χ2v) is 26.4. The van der Waals surface area contributed by atoms with E-state index >= 15 is 0 Å². The normalized spacial score (nSPS) is 57.5. The summed E-state index contributed by atoms with van der Waals surface area (Å²) in [5.41, 5.74) is 8.15. The van der Waals surface area contributed by atoms with E-state index in [9.17, 15) is 9.90 Å². The second-order valence-electron chi connectivity index (χ2n) is 26.4. The molecular weight excluding hydrogens is 967 g/mol. The number of fused-ring (bicyclic) bond motifs is 13. The maximum atomic E-state index is 14.5. The minimum atomic E-state index is -0.889. The zero-order chi connectivity index (χ0) is 51.3. The van der Waals surface area contributed by atoms with Crippen LogP contribution in [0, 0.1) is 23.7 Å². The summed E-state index contributed by atoms with van der Waals surface area (Å²) in [4.78, 5) is 14.5. The number of hydrogen-bond acceptors (Lipinski definition) is 17. The molecule has 0 saturated carbocycles. The fraction of sp³-hybridized carbons (Fsp3) is 0.914. The Kier molecular flexibility index (Phi) is 13.4. The van der Waals surface area contributed by atoms with E-state index in [1.54, 1.807) is 0 Å². The highest BCUT2D eigenvalue weighted by atomic mass is 16.8. The second kappa shape index (κ2) is 19.5. The van der Waals surface area contributed by atoms with Gasteiger partial charge in [0.15, 0.2) is 17.4 Å². The molecule has 17 heteroatoms. The Hall–Kier alpha value is -1.65. The summed E-state index contributed by atoms with van der Waals surface area (Å²) >= 11 is 0. The Labute approximate surface area is 442 Å². The van der Waals surface area contributed by atoms with Crippen LogP contribution in [-0.4, -0.2) is 169 Å². The molecule has 14 heterocycles. The van der Waals surface area contributed by atoms with Crippen LogP contribution in [0.2, 0.25) is 0 Å². The molecule has 418 valence electrons. The third-order valence-corrected chi connectivity index (χ3v) is 21.0. The van der Waals surface area contributed by atoms with Gasteiger partial charge >= 0.3 is 5.97 Å². The smallest absolute Gasteiger partial charge is 0.308 e. The topological polar surface area (TPSA) is 193 Å². The molecule has 0 unspecified atom stereocenters. The molecular formula is C58H85NO16. The first-order valence-electron chi connectivity index (χ1n) is 29.7. The predicted octanol–water partition coefficient (Wildman–Crippen LogP) is 6.15. The van der Waals surface area contributed by atoms with Crippen LogP contribution in [0.25, 0.3) is 0 Å². The summed E-state index contributed by atoms with van der Waals surface area (Å²) in [6.07, 6.45) is 7.54. The van der Waals surface area contributed by atoms with Gasteiger partial charge in [-0.05, 0) is 80.3 Å². The summed E-state index contributed by atoms with van der Waals surface area (Å²) in [5, 5.41) is 10.9. The van der Waals surface area contributed by atoms with E-state index in [-0.39, 0.29) is 159 Å². The number of carbonyl (C=O) groups is 1. The number of carbonyl (C=O) groups excluding carboxylic acids is 1. The van der Waals surface area contributed by atoms with E-state index in [1.807, 2.05) is 0 Å². The van der Waals surface area contributed by atoms with Gasteiger partial charge in [0.05, 0.1) is 129 Å². The SMILES string of the molecule is C=C1C[C@@H]2CC[C@]34CC[C@H](O3)[C@H]3C[C@@H](O4)[C@H]4O[C@H](CC[C@@H]4O3)CC(=O)O[C@@H]3[C@@H](C)[C@@H]4O[C@@H]5C[C@]6(C[C@@H]7O[C@]8(C[C@H](C)[C@@H]9O[C@H](CN)[C@H](O)C[C@@H]9O8)C[C@H](C)[C@@H]7O6)O[C@@H]5C[C@@H]4O[C@H]3C[C@H]3O[C@@H](CC[C@@H]1O2)C[C@@H](C)C3=C. The Morgan fingerprint density at radius 3 is 2.03 bits per heavy atom. The molecule has 0 aromatic rings. The van der Waals surface area contributed by atoms with Crippen molar-refractivity contribution < 1.29 is 76.2 Å². The maximum Gasteiger partial charge on any atom is 0.308 e. The molecule has 14 aliphatic heterocycles. The van der Waals surface area contributed by atoms with Crippen molar-refractivity contribution in [3.05, 3.63) is 24.3 Å². The van der Waals surface area contributed by atoms with Crippen molar-refractivity contribution in [2.45, 2.75) is 301 Å². The highest BCUT2D eigenvalue weighted by Gasteiger charge is 2.65. The molecule has 3 N–H and O–H groups in total. The van der Waals surface area contributed by atoms with Crippen LogP contribution in [0.15, 0.2) is 24.3 Å². The first-order valence-corrected chi connectivity index (χ1v) is 29.7. The standard InChI is InChI=1S/C58H85NO16/c1-27-15-33-7-9-37-28(2)16-35(62-37)11-13-56-14-12-38(70-56)41-20-46(72-56)55-39(65-41)10-8-34(64-55)17-50(61)69-54-32(6)53-44(66-43(54)19-40(63-33)31(27)5)21-42-47(67-53)24-58(71-42)25-48-52(75-58)30(4)23-57(74-48)22-29(3)51-45(73-57)18-36(60)49(26-59)68-51/h27,29-30,32-49,51-55,60H,2,5,7-26,59H2,1,3-4,6H3/t27-,29+,30+,32+,33+,34-,35+,36-,37+,38+,39+,40-,41-,42-,43+,44+,45+,46-,47-,48+,49-,51+,52+,53+,54-,55+,56+,57-,58+/m1/s1. The lowest BCUT2D eigenvalue weighted by Gasteiger charge is -2.54. The molecule has 14 saturated heterocycles. The van der Waals surface area contributed by atoms with Gasteiger partial charge in [0.25, 0.3) is 0 Å². The number of aliphatic hydroxyl groups excluding tert-OH is 1. The van der Waals surface area contributed by atoms with Crippen molar-refractivity contribution in [3.63, 3.8) is 0 Å². The Morgan fingerprint density at radius 2 is 1.17 bits per heavy atom. The fourth-order valence-electron chi connectivity index (χ4n) is 17.3. The molecule has 29 atom stereocenters. The first kappa shape index (κ1) is 51.5. The molecule has 14 rings (SSSR count). The number of esters is 1. The van der Waals surface area contributed by atoms with Crippen molar-refractivity contribution in [2.75, 3.05) is 6.54 Å². The van der Waals surface area contributed by atoms with Crippen molar-refractivity contribution in [2.24, 2.45) is 29.4 Å². The maximum absolute atomic E-state index is 14.5. The van der Waals surface area contributed by atoms with Gasteiger partial charge in [-0.25, -0.2) is 0 Å². The summed E-state index contributed by atoms with van der Waals surface area (Å²) in [7, 11) is 0. The lowest BCUT2D eigenvalue weighted by molar-refractivity contribution is -0.370. The third kappa shape index (κ3) is 9.29. The highest BCUT2D eigenvalue weighted by Crippen LogP contribution is 2.56. The van der Waals surface area contributed by atoms with Gasteiger partial charge in [-0.3, -0.25) is 4.79 Å². The summed E-state index contributed by atoms with van der Waals surface area (Å²) in [5.74, 6) is -2.39. The van der Waals surface area contributed by atoms with Crippen molar-refractivity contribution >= 4 is 5.97 Å². The molecule has 0 radical (unpaired) electrons. The van der Waals surface area contributed by atoms with Crippen LogP contribution in [-0.2, 0) is 71.1 Å². The molecule has 17 nitrogen and oxygen atoms in total. The minimum absolute atomic E-state index is 0.00395. The van der Waals surface area contributed by atoms with Crippen molar-refractivity contribution in [3.8, 4) is 0 Å². The summed E-state index contributed by atoms with van der Waals surface area (Å²) in [6, 6.07) is 0. The van der Waals surface area contributed by atoms with Crippen LogP contribution in [0.3, 0.4) is 0 Å². The largest absolute Gasteiger partial charge is 0.459 e. The number of ether oxygens (including phenoxy) is 14. The molecule has 14 fully saturated rings. The van der Waals surface area contributed by atoms with Gasteiger partial charge in [0.2, 0.25) is 0 Å². The lowest BCUT2D eigenvalue weighted by Crippen LogP contribution is -2.63. The summed E-state index contributed by atoms with van der Waals surface area (Å²) in [6.45, 7) is 18.2. The Balaban J connectivity index is 0.694. The average Bonchev–Trinajstić information content (AvgIpc) is 4.19. The van der Waals surface area contributed by atoms with Crippen LogP contribution in [0.4, 0.5) is 0 Å². The number of rotatable bonds is 1. The van der Waals surface area contributed by atoms with Gasteiger partial charge < -0.3 is 77.2 Å². The van der Waals surface area contributed by atoms with Crippen LogP contribution < -0.4 is 5.73 Å². The molecule has 0 aromatic carbocycles. The van der Waals surface area contributed by atoms with Crippen LogP contribution >= 0.6 is 0 Å². The molecule has 3 spiro atoms. The van der Waals surface area contributed by atoms with Gasteiger partial charge in [-0.1, -0.05) is 40.9 Å². The molecule has 0 aliphatic carbocycles. The van der Waals surface area contributed by atoms with Gasteiger partial charge in [0, 0.05) is 76.7 Å². The van der Waals surface area contributed by atoms with E-state index in [0.29, 0.717) is 57.8 Å². The first-order chi connectivity index (χ1) is 36.1. The Bertz CT molecular complexity index is 2190.